The zero-order valence-corrected chi connectivity index (χ0v) is 20.6. The molecule has 0 atom stereocenters. The fraction of sp³-hybridized carbons (Fsp3) is 0.429. The summed E-state index contributed by atoms with van der Waals surface area (Å²) >= 11 is 0. The number of Topliss-reactive ketones (excluding diaryl/α,β-unsaturated/α-hetero) is 2. The van der Waals surface area contributed by atoms with Gasteiger partial charge in [0.2, 0.25) is 0 Å². The molecule has 182 valence electrons. The highest BCUT2D eigenvalue weighted by molar-refractivity contribution is 6.06. The zero-order valence-electron chi connectivity index (χ0n) is 20.6. The van der Waals surface area contributed by atoms with Crippen LogP contribution in [-0.2, 0) is 16.1 Å². The molecule has 3 aliphatic rings. The first-order valence-electron chi connectivity index (χ1n) is 12.0. The van der Waals surface area contributed by atoms with E-state index < -0.39 is 10.8 Å². The van der Waals surface area contributed by atoms with Crippen LogP contribution in [0.3, 0.4) is 0 Å². The van der Waals surface area contributed by atoms with E-state index in [0.29, 0.717) is 43.4 Å². The molecule has 0 saturated carbocycles. The number of benzene rings is 1. The summed E-state index contributed by atoms with van der Waals surface area (Å²) in [6.07, 6.45) is 2.05. The second-order valence-corrected chi connectivity index (χ2v) is 11.5. The topological polar surface area (TPSA) is 93.7 Å². The lowest BCUT2D eigenvalue weighted by Crippen LogP contribution is -2.44. The molecule has 2 heterocycles. The summed E-state index contributed by atoms with van der Waals surface area (Å²) in [5.74, 6) is -0.863. The minimum Gasteiger partial charge on any atom is -0.405 e. The molecular weight excluding hydrogens is 444 g/mol. The van der Waals surface area contributed by atoms with Gasteiger partial charge in [-0.3, -0.25) is 19.7 Å². The average Bonchev–Trinajstić information content (AvgIpc) is 3.24. The highest BCUT2D eigenvalue weighted by Crippen LogP contribution is 2.55. The lowest BCUT2D eigenvalue weighted by molar-refractivity contribution is -0.402. The van der Waals surface area contributed by atoms with Gasteiger partial charge in [-0.1, -0.05) is 58.0 Å². The molecule has 7 nitrogen and oxygen atoms in total. The van der Waals surface area contributed by atoms with Crippen LogP contribution in [-0.4, -0.2) is 21.4 Å². The molecule has 0 fully saturated rings. The van der Waals surface area contributed by atoms with E-state index in [-0.39, 0.29) is 34.0 Å². The lowest BCUT2D eigenvalue weighted by atomic mass is 9.64. The molecule has 7 heteroatoms. The largest absolute Gasteiger partial charge is 0.433 e. The van der Waals surface area contributed by atoms with Crippen LogP contribution in [0.5, 0.6) is 0 Å². The molecule has 0 bridgehead atoms. The van der Waals surface area contributed by atoms with Crippen molar-refractivity contribution in [3.8, 4) is 0 Å². The van der Waals surface area contributed by atoms with Crippen LogP contribution < -0.4 is 0 Å². The summed E-state index contributed by atoms with van der Waals surface area (Å²) in [4.78, 5) is 40.3. The number of nitrogens with zero attached hydrogens (tertiary/aromatic N) is 2. The van der Waals surface area contributed by atoms with Crippen molar-refractivity contribution in [3.63, 3.8) is 0 Å². The van der Waals surface area contributed by atoms with Crippen molar-refractivity contribution in [1.82, 2.24) is 4.90 Å². The molecular formula is C28H30N2O5. The number of rotatable bonds is 4. The number of furan rings is 1. The van der Waals surface area contributed by atoms with Crippen molar-refractivity contribution < 1.29 is 18.9 Å². The Morgan fingerprint density at radius 3 is 1.91 bits per heavy atom. The van der Waals surface area contributed by atoms with E-state index >= 15 is 0 Å². The standard InChI is InChI=1S/C28H30N2O5/c1-27(2)12-18-24(20(31)14-27)26(22-10-11-23(35-22)30(33)34)25-19(13-28(3,4)15-21(25)32)29(18)16-17-8-6-5-7-9-17/h5-11,26H,12-16H2,1-4H3. The molecule has 35 heavy (non-hydrogen) atoms. The normalized spacial score (nSPS) is 21.8. The van der Waals surface area contributed by atoms with Gasteiger partial charge in [0.05, 0.1) is 12.0 Å². The van der Waals surface area contributed by atoms with Crippen molar-refractivity contribution in [2.75, 3.05) is 0 Å². The minimum atomic E-state index is -0.715. The van der Waals surface area contributed by atoms with Crippen LogP contribution >= 0.6 is 0 Å². The Labute approximate surface area is 204 Å². The maximum absolute atomic E-state index is 13.7. The molecule has 2 aliphatic carbocycles. The van der Waals surface area contributed by atoms with Crippen molar-refractivity contribution in [3.05, 3.63) is 86.4 Å². The Morgan fingerprint density at radius 2 is 1.43 bits per heavy atom. The highest BCUT2D eigenvalue weighted by Gasteiger charge is 2.50. The summed E-state index contributed by atoms with van der Waals surface area (Å²) in [5, 5.41) is 11.4. The van der Waals surface area contributed by atoms with Gasteiger partial charge >= 0.3 is 5.88 Å². The number of nitro groups is 1. The minimum absolute atomic E-state index is 0.0254. The van der Waals surface area contributed by atoms with Crippen LogP contribution in [0.4, 0.5) is 5.88 Å². The molecule has 1 aromatic heterocycles. The molecule has 0 amide bonds. The highest BCUT2D eigenvalue weighted by atomic mass is 16.6. The number of allylic oxidation sites excluding steroid dienone is 4. The van der Waals surface area contributed by atoms with Gasteiger partial charge in [0.15, 0.2) is 11.6 Å². The zero-order chi connectivity index (χ0) is 25.1. The molecule has 0 saturated heterocycles. The van der Waals surface area contributed by atoms with Crippen molar-refractivity contribution in [2.45, 2.75) is 65.8 Å². The third-order valence-corrected chi connectivity index (χ3v) is 7.28. The maximum atomic E-state index is 13.7. The smallest absolute Gasteiger partial charge is 0.405 e. The molecule has 5 rings (SSSR count). The second-order valence-electron chi connectivity index (χ2n) is 11.5. The molecule has 0 radical (unpaired) electrons. The number of hydrogen-bond donors (Lipinski definition) is 0. The summed E-state index contributed by atoms with van der Waals surface area (Å²) in [6.45, 7) is 8.89. The first kappa shape index (κ1) is 23.3. The Balaban J connectivity index is 1.75. The van der Waals surface area contributed by atoms with Gasteiger partial charge in [0.25, 0.3) is 0 Å². The fourth-order valence-corrected chi connectivity index (χ4v) is 5.88. The number of hydrogen-bond acceptors (Lipinski definition) is 6. The van der Waals surface area contributed by atoms with E-state index in [9.17, 15) is 19.7 Å². The van der Waals surface area contributed by atoms with Crippen LogP contribution in [0.2, 0.25) is 0 Å². The Morgan fingerprint density at radius 1 is 0.886 bits per heavy atom. The molecule has 1 aromatic carbocycles. The summed E-state index contributed by atoms with van der Waals surface area (Å²) < 4.78 is 5.65. The predicted octanol–water partition coefficient (Wildman–Crippen LogP) is 6.07. The number of carbonyl (C=O) groups is 2. The van der Waals surface area contributed by atoms with Gasteiger partial charge in [-0.05, 0) is 35.3 Å². The second kappa shape index (κ2) is 8.04. The SMILES string of the molecule is CC1(C)CC(=O)C2=C(C1)N(Cc1ccccc1)C1=C(C(=O)CC(C)(C)C1)C2c1ccc([N+](=O)[O-])o1. The average molecular weight is 475 g/mol. The quantitative estimate of drug-likeness (QED) is 0.394. The Bertz CT molecular complexity index is 1240. The number of carbonyl (C=O) groups excluding carboxylic acids is 2. The van der Waals surface area contributed by atoms with E-state index in [2.05, 4.69) is 32.6 Å². The van der Waals surface area contributed by atoms with Gasteiger partial charge in [-0.25, -0.2) is 0 Å². The third kappa shape index (κ3) is 4.13. The fourth-order valence-electron chi connectivity index (χ4n) is 5.88. The van der Waals surface area contributed by atoms with Gasteiger partial charge in [0, 0.05) is 41.9 Å². The molecule has 1 aliphatic heterocycles. The third-order valence-electron chi connectivity index (χ3n) is 7.28. The van der Waals surface area contributed by atoms with Gasteiger partial charge in [0.1, 0.15) is 10.7 Å². The first-order valence-corrected chi connectivity index (χ1v) is 12.0. The van der Waals surface area contributed by atoms with E-state index in [1.807, 2.05) is 30.3 Å². The van der Waals surface area contributed by atoms with Gasteiger partial charge < -0.3 is 9.32 Å². The Kier molecular flexibility index (Phi) is 5.34. The predicted molar refractivity (Wildman–Crippen MR) is 130 cm³/mol. The molecule has 0 N–H and O–H groups in total. The molecule has 2 aromatic rings. The van der Waals surface area contributed by atoms with Crippen LogP contribution in [0, 0.1) is 20.9 Å². The monoisotopic (exact) mass is 474 g/mol. The van der Waals surface area contributed by atoms with Crippen molar-refractivity contribution in [2.24, 2.45) is 10.8 Å². The van der Waals surface area contributed by atoms with Gasteiger partial charge in [-0.15, -0.1) is 0 Å². The Hall–Kier alpha value is -3.48. The van der Waals surface area contributed by atoms with Crippen molar-refractivity contribution in [1.29, 1.82) is 0 Å². The molecule has 0 unspecified atom stereocenters. The molecule has 0 spiro atoms. The summed E-state index contributed by atoms with van der Waals surface area (Å²) in [5.41, 5.74) is 3.53. The first-order chi connectivity index (χ1) is 16.5. The summed E-state index contributed by atoms with van der Waals surface area (Å²) in [7, 11) is 0. The van der Waals surface area contributed by atoms with Crippen LogP contribution in [0.15, 0.2) is 69.4 Å². The van der Waals surface area contributed by atoms with E-state index in [4.69, 9.17) is 4.42 Å². The van der Waals surface area contributed by atoms with Crippen LogP contribution in [0.25, 0.3) is 0 Å². The van der Waals surface area contributed by atoms with E-state index in [0.717, 1.165) is 17.0 Å². The van der Waals surface area contributed by atoms with Crippen molar-refractivity contribution >= 4 is 17.5 Å². The van der Waals surface area contributed by atoms with Gasteiger partial charge in [-0.2, -0.15) is 0 Å². The lowest BCUT2D eigenvalue weighted by Gasteiger charge is -2.48. The van der Waals surface area contributed by atoms with Crippen LogP contribution in [0.1, 0.15) is 70.6 Å². The van der Waals surface area contributed by atoms with E-state index in [1.54, 1.807) is 6.07 Å². The van der Waals surface area contributed by atoms with E-state index in [1.165, 1.54) is 6.07 Å². The maximum Gasteiger partial charge on any atom is 0.433 e. The summed E-state index contributed by atoms with van der Waals surface area (Å²) in [6, 6.07) is 12.9. The number of ketones is 2.